The molecule has 15 heteroatoms. The maximum absolute atomic E-state index is 12.4. The normalized spacial score (nSPS) is 41.0. The van der Waals surface area contributed by atoms with Gasteiger partial charge in [0.2, 0.25) is 12.0 Å². The van der Waals surface area contributed by atoms with Crippen LogP contribution in [0.5, 0.6) is 17.2 Å². The van der Waals surface area contributed by atoms with Gasteiger partial charge in [-0.1, -0.05) is 0 Å². The molecule has 0 unspecified atom stereocenters. The molecule has 0 aromatic heterocycles. The highest BCUT2D eigenvalue weighted by Crippen LogP contribution is 2.63. The highest BCUT2D eigenvalue weighted by Gasteiger charge is 2.81. The van der Waals surface area contributed by atoms with E-state index < -0.39 is 72.3 Å². The van der Waals surface area contributed by atoms with Gasteiger partial charge in [0.1, 0.15) is 59.7 Å². The number of phenolic OH excluding ortho intramolecular Hbond substituents is 1. The van der Waals surface area contributed by atoms with E-state index in [1.807, 2.05) is 0 Å². The smallest absolute Gasteiger partial charge is 0.339 e. The number of epoxide rings is 1. The van der Waals surface area contributed by atoms with Gasteiger partial charge in [-0.2, -0.15) is 0 Å². The first kappa shape index (κ1) is 29.8. The molecule has 3 aliphatic heterocycles. The monoisotopic (exact) mass is 586 g/mol. The molecule has 3 heterocycles. The fraction of sp³-hybridized carbons (Fsp3) is 0.654. The Labute approximate surface area is 234 Å². The summed E-state index contributed by atoms with van der Waals surface area (Å²) in [5.41, 5.74) is -3.09. The van der Waals surface area contributed by atoms with E-state index in [-0.39, 0.29) is 36.0 Å². The van der Waals surface area contributed by atoms with Crippen molar-refractivity contribution in [2.45, 2.75) is 73.9 Å². The highest BCUT2D eigenvalue weighted by atomic mass is 16.8. The van der Waals surface area contributed by atoms with E-state index in [1.54, 1.807) is 6.92 Å². The van der Waals surface area contributed by atoms with Crippen molar-refractivity contribution in [1.82, 2.24) is 0 Å². The van der Waals surface area contributed by atoms with Crippen LogP contribution in [-0.4, -0.2) is 125 Å². The number of aliphatic hydroxyl groups is 5. The predicted octanol–water partition coefficient (Wildman–Crippen LogP) is -1.96. The summed E-state index contributed by atoms with van der Waals surface area (Å²) in [6, 6.07) is 3.06. The SMILES string of the molecule is COC(=O)C1=CO[C@@H](O[C@@H]2O[C@H](COCc3cc(OC)c(O)c(OC)c3)[C@@H](O)[C@H](O)[C@H]2O)[C@@H]2[C@@]3(C)O[C@H]3[C@@H](O)[C@]12O. The lowest BCUT2D eigenvalue weighted by Crippen LogP contribution is -2.63. The van der Waals surface area contributed by atoms with E-state index in [0.29, 0.717) is 5.56 Å². The third-order valence-electron chi connectivity index (χ3n) is 8.17. The van der Waals surface area contributed by atoms with Crippen molar-refractivity contribution in [1.29, 1.82) is 0 Å². The fourth-order valence-electron chi connectivity index (χ4n) is 5.89. The molecule has 0 bridgehead atoms. The fourth-order valence-corrected chi connectivity index (χ4v) is 5.89. The van der Waals surface area contributed by atoms with Gasteiger partial charge in [-0.15, -0.1) is 0 Å². The highest BCUT2D eigenvalue weighted by molar-refractivity contribution is 5.91. The van der Waals surface area contributed by atoms with Crippen LogP contribution in [0.3, 0.4) is 0 Å². The van der Waals surface area contributed by atoms with Gasteiger partial charge >= 0.3 is 5.97 Å². The number of methoxy groups -OCH3 is 3. The Kier molecular flexibility index (Phi) is 7.86. The maximum Gasteiger partial charge on any atom is 0.339 e. The van der Waals surface area contributed by atoms with Crippen LogP contribution in [0, 0.1) is 5.92 Å². The average Bonchev–Trinajstić information content (AvgIpc) is 3.60. The summed E-state index contributed by atoms with van der Waals surface area (Å²) in [5, 5.41) is 64.1. The van der Waals surface area contributed by atoms with E-state index in [0.717, 1.165) is 13.4 Å². The molecule has 15 nitrogen and oxygen atoms in total. The van der Waals surface area contributed by atoms with Crippen LogP contribution in [0.2, 0.25) is 0 Å². The molecule has 0 amide bonds. The number of benzene rings is 1. The number of esters is 1. The zero-order valence-corrected chi connectivity index (χ0v) is 22.7. The van der Waals surface area contributed by atoms with Crippen LogP contribution in [0.15, 0.2) is 24.0 Å². The molecule has 5 rings (SSSR count). The van der Waals surface area contributed by atoms with Crippen molar-refractivity contribution in [3.05, 3.63) is 29.5 Å². The summed E-state index contributed by atoms with van der Waals surface area (Å²) < 4.78 is 43.4. The van der Waals surface area contributed by atoms with E-state index in [1.165, 1.54) is 26.4 Å². The van der Waals surface area contributed by atoms with E-state index in [9.17, 15) is 35.4 Å². The molecule has 1 saturated carbocycles. The number of rotatable bonds is 9. The topological polar surface area (TPSA) is 216 Å². The van der Waals surface area contributed by atoms with Gasteiger partial charge in [0.15, 0.2) is 17.8 Å². The van der Waals surface area contributed by atoms with Crippen LogP contribution >= 0.6 is 0 Å². The van der Waals surface area contributed by atoms with Crippen molar-refractivity contribution in [2.24, 2.45) is 5.92 Å². The Balaban J connectivity index is 1.30. The summed E-state index contributed by atoms with van der Waals surface area (Å²) in [6.07, 6.45) is -10.6. The van der Waals surface area contributed by atoms with Crippen LogP contribution in [0.25, 0.3) is 0 Å². The first-order valence-corrected chi connectivity index (χ1v) is 12.8. The number of carbonyl (C=O) groups excluding carboxylic acids is 1. The number of hydrogen-bond acceptors (Lipinski definition) is 15. The van der Waals surface area contributed by atoms with Gasteiger partial charge in [0.05, 0.1) is 40.5 Å². The van der Waals surface area contributed by atoms with Gasteiger partial charge in [-0.3, -0.25) is 0 Å². The number of hydrogen-bond donors (Lipinski definition) is 6. The molecule has 1 aliphatic carbocycles. The molecular weight excluding hydrogens is 552 g/mol. The summed E-state index contributed by atoms with van der Waals surface area (Å²) in [4.78, 5) is 12.4. The second kappa shape index (κ2) is 10.8. The summed E-state index contributed by atoms with van der Waals surface area (Å²) in [7, 11) is 3.87. The number of ether oxygens (including phenoxy) is 8. The lowest BCUT2D eigenvalue weighted by molar-refractivity contribution is -0.351. The molecule has 0 radical (unpaired) electrons. The largest absolute Gasteiger partial charge is 0.502 e. The van der Waals surface area contributed by atoms with Gasteiger partial charge in [0, 0.05) is 0 Å². The number of aromatic hydroxyl groups is 1. The first-order valence-electron chi connectivity index (χ1n) is 12.8. The molecule has 228 valence electrons. The molecule has 1 aromatic carbocycles. The van der Waals surface area contributed by atoms with Gasteiger partial charge < -0.3 is 68.5 Å². The minimum Gasteiger partial charge on any atom is -0.502 e. The van der Waals surface area contributed by atoms with Crippen molar-refractivity contribution in [3.63, 3.8) is 0 Å². The second-order valence-electron chi connectivity index (χ2n) is 10.5. The molecule has 0 spiro atoms. The van der Waals surface area contributed by atoms with Gasteiger partial charge in [0.25, 0.3) is 0 Å². The van der Waals surface area contributed by atoms with Gasteiger partial charge in [-0.25, -0.2) is 4.79 Å². The van der Waals surface area contributed by atoms with Crippen LogP contribution in [-0.2, 0) is 39.8 Å². The number of carbonyl (C=O) groups is 1. The molecule has 2 saturated heterocycles. The Bertz CT molecular complexity index is 1160. The minimum absolute atomic E-state index is 0.0271. The standard InChI is InChI=1S/C26H34O15/c1-25-19-24(38-8-11(22(32)36-4)26(19,33)20(31)21(25)41-25)40-23-18(30)17(29)16(28)14(39-23)9-37-7-10-5-12(34-2)15(27)13(6-10)35-3/h5-6,8,14,16-21,23-24,27-31,33H,7,9H2,1-4H3/t14-,16-,17+,18-,19-,20-,21+,23+,24+,25-,26+/m1/s1. The molecule has 11 atom stereocenters. The quantitative estimate of drug-likeness (QED) is 0.137. The zero-order valence-electron chi connectivity index (χ0n) is 22.7. The summed E-state index contributed by atoms with van der Waals surface area (Å²) in [6.45, 7) is 1.31. The maximum atomic E-state index is 12.4. The summed E-state index contributed by atoms with van der Waals surface area (Å²) >= 11 is 0. The second-order valence-corrected chi connectivity index (χ2v) is 10.5. The molecule has 1 aromatic rings. The van der Waals surface area contributed by atoms with Crippen LogP contribution in [0.4, 0.5) is 0 Å². The number of fused-ring (bicyclic) bond motifs is 3. The predicted molar refractivity (Wildman–Crippen MR) is 131 cm³/mol. The van der Waals surface area contributed by atoms with Crippen LogP contribution < -0.4 is 9.47 Å². The van der Waals surface area contributed by atoms with Crippen molar-refractivity contribution in [2.75, 3.05) is 27.9 Å². The van der Waals surface area contributed by atoms with Crippen molar-refractivity contribution in [3.8, 4) is 17.2 Å². The van der Waals surface area contributed by atoms with Crippen molar-refractivity contribution >= 4 is 5.97 Å². The average molecular weight is 587 g/mol. The number of aliphatic hydroxyl groups excluding tert-OH is 4. The van der Waals surface area contributed by atoms with Crippen molar-refractivity contribution < 1.29 is 73.3 Å². The van der Waals surface area contributed by atoms with E-state index in [4.69, 9.17) is 37.9 Å². The molecule has 3 fully saturated rings. The third-order valence-corrected chi connectivity index (χ3v) is 8.17. The Morgan fingerprint density at radius 1 is 1.00 bits per heavy atom. The minimum atomic E-state index is -2.17. The van der Waals surface area contributed by atoms with E-state index >= 15 is 0 Å². The lowest BCUT2D eigenvalue weighted by atomic mass is 9.77. The first-order chi connectivity index (χ1) is 19.4. The summed E-state index contributed by atoms with van der Waals surface area (Å²) in [5.74, 6) is -1.95. The lowest BCUT2D eigenvalue weighted by Gasteiger charge is -2.46. The Hall–Kier alpha value is -2.73. The third kappa shape index (κ3) is 4.70. The molecule has 6 N–H and O–H groups in total. The molecule has 41 heavy (non-hydrogen) atoms. The van der Waals surface area contributed by atoms with Crippen LogP contribution in [0.1, 0.15) is 12.5 Å². The number of phenols is 1. The zero-order chi connectivity index (χ0) is 29.9. The van der Waals surface area contributed by atoms with Gasteiger partial charge in [-0.05, 0) is 24.6 Å². The Morgan fingerprint density at radius 3 is 2.27 bits per heavy atom. The molecular formula is C26H34O15. The Morgan fingerprint density at radius 2 is 1.66 bits per heavy atom. The van der Waals surface area contributed by atoms with E-state index in [2.05, 4.69) is 0 Å². The molecule has 4 aliphatic rings.